The lowest BCUT2D eigenvalue weighted by Gasteiger charge is -2.43. The van der Waals surface area contributed by atoms with Crippen molar-refractivity contribution in [2.45, 2.75) is 62.8 Å². The summed E-state index contributed by atoms with van der Waals surface area (Å²) >= 11 is 0. The highest BCUT2D eigenvalue weighted by molar-refractivity contribution is 6.31. The average molecular weight is 712 g/mol. The molecule has 0 radical (unpaired) electrons. The van der Waals surface area contributed by atoms with E-state index >= 15 is 0 Å². The summed E-state index contributed by atoms with van der Waals surface area (Å²) in [4.78, 5) is 52.5. The fourth-order valence-electron chi connectivity index (χ4n) is 6.74. The molecule has 0 saturated carbocycles. The summed E-state index contributed by atoms with van der Waals surface area (Å²) in [6.07, 6.45) is -12.5. The van der Waals surface area contributed by atoms with Crippen LogP contribution in [0.1, 0.15) is 78.0 Å². The van der Waals surface area contributed by atoms with Crippen molar-refractivity contribution < 1.29 is 79.3 Å². The highest BCUT2D eigenvalue weighted by Crippen LogP contribution is 2.57. The Bertz CT molecular complexity index is 2010. The summed E-state index contributed by atoms with van der Waals surface area (Å²) < 4.78 is 16.5. The van der Waals surface area contributed by atoms with E-state index in [9.17, 15) is 65.1 Å². The van der Waals surface area contributed by atoms with Gasteiger partial charge < -0.3 is 65.5 Å². The minimum atomic E-state index is -1.95. The number of nitrogens with one attached hydrogen (secondary N) is 1. The Morgan fingerprint density at radius 1 is 0.863 bits per heavy atom. The average Bonchev–Trinajstić information content (AvgIpc) is 3.08. The third kappa shape index (κ3) is 5.46. The molecule has 10 N–H and O–H groups in total. The van der Waals surface area contributed by atoms with Crippen molar-refractivity contribution in [2.24, 2.45) is 0 Å². The first-order valence-corrected chi connectivity index (χ1v) is 15.5. The molecule has 1 amide bonds. The molecule has 1 heterocycles. The molecule has 1 saturated heterocycles. The Morgan fingerprint density at radius 2 is 1.49 bits per heavy atom. The number of phenols is 3. The van der Waals surface area contributed by atoms with Crippen molar-refractivity contribution >= 4 is 23.4 Å². The summed E-state index contributed by atoms with van der Waals surface area (Å²) in [5.41, 5.74) is -3.54. The Kier molecular flexibility index (Phi) is 9.01. The van der Waals surface area contributed by atoms with Crippen LogP contribution < -0.4 is 10.1 Å². The second-order valence-corrected chi connectivity index (χ2v) is 12.5. The predicted octanol–water partition coefficient (Wildman–Crippen LogP) is -0.330. The number of ketones is 2. The second kappa shape index (κ2) is 12.9. The number of rotatable bonds is 7. The maximum absolute atomic E-state index is 13.9. The van der Waals surface area contributed by atoms with Gasteiger partial charge in [0.25, 0.3) is 5.91 Å². The van der Waals surface area contributed by atoms with Crippen LogP contribution in [0.2, 0.25) is 0 Å². The zero-order chi connectivity index (χ0) is 37.4. The highest BCUT2D eigenvalue weighted by Gasteiger charge is 2.49. The van der Waals surface area contributed by atoms with Gasteiger partial charge in [-0.2, -0.15) is 0 Å². The number of carbonyl (C=O) groups is 4. The molecule has 17 nitrogen and oxygen atoms in total. The Hall–Kier alpha value is -5.14. The molecule has 0 unspecified atom stereocenters. The van der Waals surface area contributed by atoms with Crippen LogP contribution in [0.4, 0.5) is 0 Å². The van der Waals surface area contributed by atoms with Crippen molar-refractivity contribution in [3.63, 3.8) is 0 Å². The van der Waals surface area contributed by atoms with Gasteiger partial charge in [-0.25, -0.2) is 0 Å². The van der Waals surface area contributed by atoms with Crippen molar-refractivity contribution in [3.05, 3.63) is 68.8 Å². The lowest BCUT2D eigenvalue weighted by Crippen LogP contribution is -2.59. The number of benzene rings is 3. The molecule has 0 bridgehead atoms. The Balaban J connectivity index is 1.59. The van der Waals surface area contributed by atoms with Crippen LogP contribution in [0.3, 0.4) is 0 Å². The zero-order valence-electron chi connectivity index (χ0n) is 27.0. The summed E-state index contributed by atoms with van der Waals surface area (Å²) in [6, 6.07) is 3.14. The van der Waals surface area contributed by atoms with Crippen LogP contribution in [0.15, 0.2) is 24.3 Å². The van der Waals surface area contributed by atoms with Gasteiger partial charge in [-0.05, 0) is 42.7 Å². The number of amides is 1. The van der Waals surface area contributed by atoms with E-state index in [-0.39, 0.29) is 28.0 Å². The summed E-state index contributed by atoms with van der Waals surface area (Å²) in [6.45, 7) is 1.71. The fraction of sp³-hybridized carbons (Fsp3) is 0.353. The van der Waals surface area contributed by atoms with Crippen LogP contribution in [-0.2, 0) is 14.3 Å². The Morgan fingerprint density at radius 3 is 2.12 bits per heavy atom. The molecule has 6 rings (SSSR count). The van der Waals surface area contributed by atoms with Crippen LogP contribution in [0.5, 0.6) is 23.0 Å². The first-order valence-electron chi connectivity index (χ1n) is 15.5. The molecule has 51 heavy (non-hydrogen) atoms. The fourth-order valence-corrected chi connectivity index (χ4v) is 6.74. The molecule has 1 fully saturated rings. The first-order chi connectivity index (χ1) is 24.0. The first kappa shape index (κ1) is 35.7. The molecule has 1 aliphatic heterocycles. The van der Waals surface area contributed by atoms with Gasteiger partial charge in [0.2, 0.25) is 0 Å². The number of fused-ring (bicyclic) bond motifs is 5. The zero-order valence-corrected chi connectivity index (χ0v) is 27.0. The molecule has 8 atom stereocenters. The number of aromatic hydroxyl groups is 3. The SMILES string of the molecule is COc1cc(O)c2c(c1)C(=O)c1c(cc3c(c1O)-c1c(cc(C)c(C(=O)N[C@H](C)C(=O)O)c1O)[C@H](O[C@@H]1O[C@H](CO)[C@H](O)[C@H](O)[C@H]1O)[C@H]3O)C2=O. The molecular weight excluding hydrogens is 678 g/mol. The monoisotopic (exact) mass is 711 g/mol. The van der Waals surface area contributed by atoms with Crippen molar-refractivity contribution in [2.75, 3.05) is 13.7 Å². The number of hydrogen-bond acceptors (Lipinski definition) is 15. The van der Waals surface area contributed by atoms with E-state index in [2.05, 4.69) is 5.32 Å². The minimum absolute atomic E-state index is 0.0135. The van der Waals surface area contributed by atoms with Crippen LogP contribution in [0, 0.1) is 6.92 Å². The molecule has 0 spiro atoms. The van der Waals surface area contributed by atoms with Crippen LogP contribution >= 0.6 is 0 Å². The summed E-state index contributed by atoms with van der Waals surface area (Å²) in [7, 11) is 1.26. The third-order valence-electron chi connectivity index (χ3n) is 9.37. The number of carboxylic acid groups (broad SMARTS) is 1. The van der Waals surface area contributed by atoms with E-state index in [1.54, 1.807) is 0 Å². The molecule has 3 aromatic rings. The summed E-state index contributed by atoms with van der Waals surface area (Å²) in [5.74, 6) is -6.69. The summed E-state index contributed by atoms with van der Waals surface area (Å²) in [5, 5.41) is 98.7. The van der Waals surface area contributed by atoms with E-state index in [0.29, 0.717) is 0 Å². The van der Waals surface area contributed by atoms with Crippen molar-refractivity contribution in [3.8, 4) is 34.1 Å². The standard InChI is InChI=1S/C34H33NO16/c1-9-4-15-21(27(42)18(9)32(46)35-10(2)33(47)48)20-13(25(40)31(15)51-34-30(45)29(44)26(41)17(8-36)50-34)7-14-22(28(20)43)24(39)12-5-11(49-3)6-16(37)19(12)23(14)38/h4-7,10,17,25-26,29-31,34,36-37,40-45H,8H2,1-3H3,(H,35,46)(H,47,48)/t10-,17-,25+,26+,29+,30-,31+,34+/m1/s1. The number of aryl methyl sites for hydroxylation is 1. The van der Waals surface area contributed by atoms with E-state index in [0.717, 1.165) is 12.1 Å². The molecule has 270 valence electrons. The number of methoxy groups -OCH3 is 1. The number of aliphatic hydroxyl groups is 5. The van der Waals surface area contributed by atoms with Gasteiger partial charge in [0.15, 0.2) is 17.9 Å². The number of aliphatic carboxylic acids is 1. The number of hydrogen-bond donors (Lipinski definition) is 10. The predicted molar refractivity (Wildman–Crippen MR) is 169 cm³/mol. The largest absolute Gasteiger partial charge is 0.507 e. The van der Waals surface area contributed by atoms with Crippen molar-refractivity contribution in [1.82, 2.24) is 5.32 Å². The van der Waals surface area contributed by atoms with E-state index in [4.69, 9.17) is 14.2 Å². The van der Waals surface area contributed by atoms with Gasteiger partial charge in [-0.1, -0.05) is 6.07 Å². The van der Waals surface area contributed by atoms with Gasteiger partial charge in [0.1, 0.15) is 65.7 Å². The smallest absolute Gasteiger partial charge is 0.325 e. The van der Waals surface area contributed by atoms with E-state index < -0.39 is 130 Å². The number of phenolic OH excluding ortho intramolecular Hbond substituents is 3. The number of carboxylic acids is 1. The molecule has 3 aromatic carbocycles. The van der Waals surface area contributed by atoms with Crippen LogP contribution in [-0.4, -0.2) is 120 Å². The molecule has 3 aliphatic rings. The van der Waals surface area contributed by atoms with Gasteiger partial charge >= 0.3 is 5.97 Å². The van der Waals surface area contributed by atoms with Gasteiger partial charge in [0, 0.05) is 28.3 Å². The maximum Gasteiger partial charge on any atom is 0.325 e. The molecule has 2 aliphatic carbocycles. The van der Waals surface area contributed by atoms with E-state index in [1.807, 2.05) is 0 Å². The number of ether oxygens (including phenoxy) is 3. The lowest BCUT2D eigenvalue weighted by molar-refractivity contribution is -0.319. The van der Waals surface area contributed by atoms with E-state index in [1.165, 1.54) is 33.1 Å². The topological polar surface area (TPSA) is 290 Å². The normalized spacial score (nSPS) is 25.6. The highest BCUT2D eigenvalue weighted by atomic mass is 16.7. The van der Waals surface area contributed by atoms with Crippen molar-refractivity contribution in [1.29, 1.82) is 0 Å². The third-order valence-corrected chi connectivity index (χ3v) is 9.37. The van der Waals surface area contributed by atoms with Gasteiger partial charge in [-0.15, -0.1) is 0 Å². The maximum atomic E-state index is 13.9. The molecule has 17 heteroatoms. The van der Waals surface area contributed by atoms with Gasteiger partial charge in [-0.3, -0.25) is 19.2 Å². The van der Waals surface area contributed by atoms with Crippen LogP contribution in [0.25, 0.3) is 11.1 Å². The lowest BCUT2D eigenvalue weighted by atomic mass is 9.74. The molecular formula is C34H33NO16. The minimum Gasteiger partial charge on any atom is -0.507 e. The van der Waals surface area contributed by atoms with Gasteiger partial charge in [0.05, 0.1) is 30.4 Å². The number of carbonyl (C=O) groups excluding carboxylic acids is 3. The molecule has 0 aromatic heterocycles. The quantitative estimate of drug-likeness (QED) is 0.117. The number of aliphatic hydroxyl groups excluding tert-OH is 5. The second-order valence-electron chi connectivity index (χ2n) is 12.5. The Labute approximate surface area is 287 Å².